The van der Waals surface area contributed by atoms with Gasteiger partial charge in [0.2, 0.25) is 0 Å². The monoisotopic (exact) mass is 438 g/mol. The molecule has 11 nitrogen and oxygen atoms in total. The summed E-state index contributed by atoms with van der Waals surface area (Å²) in [5.74, 6) is -0.00551. The molecule has 0 aliphatic carbocycles. The second-order valence-electron chi connectivity index (χ2n) is 6.00. The Hall–Kier alpha value is -2.09. The van der Waals surface area contributed by atoms with E-state index in [1.165, 1.54) is 20.3 Å². The Labute approximate surface area is 163 Å². The number of nitrogens with zero attached hydrogens (tertiary/aromatic N) is 1. The lowest BCUT2D eigenvalue weighted by Crippen LogP contribution is -2.33. The van der Waals surface area contributed by atoms with Crippen LogP contribution in [0.1, 0.15) is 5.56 Å². The SMILES string of the molecule is COc1cc(N)c(C2=NO[C@@H](COS(C)(=O)=O)[C@@H]2COS(C)(=O)=O)cc1OC. The Morgan fingerprint density at radius 2 is 1.54 bits per heavy atom. The molecule has 0 radical (unpaired) electrons. The first-order valence-corrected chi connectivity index (χ1v) is 11.5. The second kappa shape index (κ2) is 8.51. The van der Waals surface area contributed by atoms with Crippen LogP contribution in [-0.4, -0.2) is 68.6 Å². The molecule has 0 amide bonds. The van der Waals surface area contributed by atoms with Crippen molar-refractivity contribution in [2.45, 2.75) is 6.10 Å². The summed E-state index contributed by atoms with van der Waals surface area (Å²) in [5.41, 5.74) is 7.02. The number of hydrogen-bond donors (Lipinski definition) is 1. The van der Waals surface area contributed by atoms with E-state index >= 15 is 0 Å². The maximum absolute atomic E-state index is 11.4. The van der Waals surface area contributed by atoms with Gasteiger partial charge >= 0.3 is 0 Å². The average Bonchev–Trinajstić information content (AvgIpc) is 2.99. The molecular weight excluding hydrogens is 416 g/mol. The van der Waals surface area contributed by atoms with Gasteiger partial charge in [-0.2, -0.15) is 16.8 Å². The van der Waals surface area contributed by atoms with E-state index in [0.717, 1.165) is 12.5 Å². The number of oxime groups is 1. The van der Waals surface area contributed by atoms with Crippen LogP contribution >= 0.6 is 0 Å². The average molecular weight is 438 g/mol. The Balaban J connectivity index is 2.38. The third kappa shape index (κ3) is 5.70. The van der Waals surface area contributed by atoms with Crippen LogP contribution < -0.4 is 15.2 Å². The van der Waals surface area contributed by atoms with Gasteiger partial charge in [-0.25, -0.2) is 0 Å². The number of nitrogen functional groups attached to an aromatic ring is 1. The predicted molar refractivity (Wildman–Crippen MR) is 100 cm³/mol. The van der Waals surface area contributed by atoms with Crippen LogP contribution in [0, 0.1) is 5.92 Å². The molecule has 1 aliphatic rings. The normalized spacial score (nSPS) is 19.8. The minimum absolute atomic E-state index is 0.268. The molecule has 13 heteroatoms. The molecule has 0 spiro atoms. The highest BCUT2D eigenvalue weighted by molar-refractivity contribution is 7.86. The zero-order chi connectivity index (χ0) is 21.1. The molecule has 1 aliphatic heterocycles. The van der Waals surface area contributed by atoms with E-state index in [1.807, 2.05) is 0 Å². The van der Waals surface area contributed by atoms with Gasteiger partial charge in [0.15, 0.2) is 17.6 Å². The summed E-state index contributed by atoms with van der Waals surface area (Å²) in [6.45, 7) is -0.722. The van der Waals surface area contributed by atoms with Crippen LogP contribution in [0.5, 0.6) is 11.5 Å². The van der Waals surface area contributed by atoms with E-state index in [-0.39, 0.29) is 24.6 Å². The van der Waals surface area contributed by atoms with Crippen molar-refractivity contribution in [3.63, 3.8) is 0 Å². The largest absolute Gasteiger partial charge is 0.493 e. The summed E-state index contributed by atoms with van der Waals surface area (Å²) in [6, 6.07) is 3.08. The highest BCUT2D eigenvalue weighted by atomic mass is 32.2. The first kappa shape index (κ1) is 22.2. The third-order valence-electron chi connectivity index (χ3n) is 3.83. The van der Waals surface area contributed by atoms with E-state index < -0.39 is 32.3 Å². The van der Waals surface area contributed by atoms with Crippen molar-refractivity contribution in [3.8, 4) is 11.5 Å². The molecule has 2 N–H and O–H groups in total. The minimum atomic E-state index is -3.76. The third-order valence-corrected chi connectivity index (χ3v) is 4.95. The van der Waals surface area contributed by atoms with Crippen LogP contribution in [-0.2, 0) is 33.4 Å². The Bertz CT molecular complexity index is 958. The summed E-state index contributed by atoms with van der Waals surface area (Å²) in [7, 11) is -4.61. The van der Waals surface area contributed by atoms with Gasteiger partial charge in [-0.05, 0) is 6.07 Å². The van der Waals surface area contributed by atoms with Crippen LogP contribution in [0.4, 0.5) is 5.69 Å². The van der Waals surface area contributed by atoms with Gasteiger partial charge in [0.1, 0.15) is 6.61 Å². The van der Waals surface area contributed by atoms with Gasteiger partial charge in [-0.15, -0.1) is 0 Å². The number of rotatable bonds is 9. The predicted octanol–water partition coefficient (Wildman–Crippen LogP) is -0.0425. The second-order valence-corrected chi connectivity index (χ2v) is 9.29. The first-order chi connectivity index (χ1) is 12.9. The van der Waals surface area contributed by atoms with Crippen molar-refractivity contribution in [3.05, 3.63) is 17.7 Å². The number of methoxy groups -OCH3 is 2. The van der Waals surface area contributed by atoms with E-state index in [9.17, 15) is 16.8 Å². The summed E-state index contributed by atoms with van der Waals surface area (Å²) in [4.78, 5) is 5.27. The Morgan fingerprint density at radius 1 is 1.00 bits per heavy atom. The lowest BCUT2D eigenvalue weighted by molar-refractivity contribution is 0.0185. The lowest BCUT2D eigenvalue weighted by atomic mass is 9.92. The van der Waals surface area contributed by atoms with Gasteiger partial charge < -0.3 is 20.0 Å². The molecule has 0 bridgehead atoms. The highest BCUT2D eigenvalue weighted by Gasteiger charge is 2.38. The van der Waals surface area contributed by atoms with E-state index in [4.69, 9.17) is 28.4 Å². The van der Waals surface area contributed by atoms with Gasteiger partial charge in [-0.3, -0.25) is 8.37 Å². The molecule has 0 saturated carbocycles. The zero-order valence-electron chi connectivity index (χ0n) is 15.7. The quantitative estimate of drug-likeness (QED) is 0.410. The van der Waals surface area contributed by atoms with Crippen molar-refractivity contribution in [1.82, 2.24) is 0 Å². The Kier molecular flexibility index (Phi) is 6.75. The molecule has 158 valence electrons. The summed E-state index contributed by atoms with van der Waals surface area (Å²) in [6.07, 6.45) is 0.878. The maximum Gasteiger partial charge on any atom is 0.264 e. The summed E-state index contributed by atoms with van der Waals surface area (Å²) in [5, 5.41) is 3.95. The van der Waals surface area contributed by atoms with E-state index in [1.54, 1.807) is 6.07 Å². The van der Waals surface area contributed by atoms with Crippen LogP contribution in [0.2, 0.25) is 0 Å². The van der Waals surface area contributed by atoms with Crippen LogP contribution in [0.3, 0.4) is 0 Å². The molecule has 0 saturated heterocycles. The topological polar surface area (TPSA) is 153 Å². The van der Waals surface area contributed by atoms with Crippen molar-refractivity contribution in [2.24, 2.45) is 11.1 Å². The highest BCUT2D eigenvalue weighted by Crippen LogP contribution is 2.35. The zero-order valence-corrected chi connectivity index (χ0v) is 17.4. The number of nitrogens with two attached hydrogens (primary N) is 1. The molecular formula is C15H22N2O9S2. The fourth-order valence-corrected chi connectivity index (χ4v) is 3.30. The molecule has 0 fully saturated rings. The molecule has 2 atom stereocenters. The lowest BCUT2D eigenvalue weighted by Gasteiger charge is -2.19. The van der Waals surface area contributed by atoms with Gasteiger partial charge in [0, 0.05) is 17.3 Å². The first-order valence-electron chi connectivity index (χ1n) is 7.89. The molecule has 2 rings (SSSR count). The van der Waals surface area contributed by atoms with Gasteiger partial charge in [0.05, 0.1) is 45.0 Å². The minimum Gasteiger partial charge on any atom is -0.493 e. The number of benzene rings is 1. The van der Waals surface area contributed by atoms with E-state index in [2.05, 4.69) is 5.16 Å². The van der Waals surface area contributed by atoms with Gasteiger partial charge in [-0.1, -0.05) is 5.16 Å². The number of ether oxygens (including phenoxy) is 2. The van der Waals surface area contributed by atoms with E-state index in [0.29, 0.717) is 17.1 Å². The molecule has 0 aromatic heterocycles. The smallest absolute Gasteiger partial charge is 0.264 e. The molecule has 28 heavy (non-hydrogen) atoms. The molecule has 1 heterocycles. The summed E-state index contributed by atoms with van der Waals surface area (Å²) >= 11 is 0. The van der Waals surface area contributed by atoms with Crippen molar-refractivity contribution >= 4 is 31.6 Å². The molecule has 1 aromatic rings. The van der Waals surface area contributed by atoms with Gasteiger partial charge in [0.25, 0.3) is 20.2 Å². The van der Waals surface area contributed by atoms with Crippen molar-refractivity contribution < 1.29 is 39.5 Å². The number of anilines is 1. The van der Waals surface area contributed by atoms with Crippen molar-refractivity contribution in [2.75, 3.05) is 45.7 Å². The summed E-state index contributed by atoms with van der Waals surface area (Å²) < 4.78 is 65.5. The Morgan fingerprint density at radius 3 is 2.07 bits per heavy atom. The van der Waals surface area contributed by atoms with Crippen LogP contribution in [0.25, 0.3) is 0 Å². The molecule has 0 unspecified atom stereocenters. The molecule has 1 aromatic carbocycles. The fourth-order valence-electron chi connectivity index (χ4n) is 2.53. The number of hydrogen-bond acceptors (Lipinski definition) is 11. The standard InChI is InChI=1S/C15H22N2O9S2/c1-22-12-5-9(11(16)6-13(12)23-2)15-10(7-24-27(3,18)19)14(26-17-15)8-25-28(4,20)21/h5-6,10,14H,7-8,16H2,1-4H3/t10-,14-/m0/s1. The maximum atomic E-state index is 11.4. The fraction of sp³-hybridized carbons (Fsp3) is 0.533. The van der Waals surface area contributed by atoms with Crippen molar-refractivity contribution in [1.29, 1.82) is 0 Å². The van der Waals surface area contributed by atoms with Crippen LogP contribution in [0.15, 0.2) is 17.3 Å².